The number of rotatable bonds is 4. The Morgan fingerprint density at radius 1 is 0.885 bits per heavy atom. The van der Waals surface area contributed by atoms with Gasteiger partial charge in [-0.25, -0.2) is 0 Å². The van der Waals surface area contributed by atoms with E-state index in [4.69, 9.17) is 4.55 Å². The van der Waals surface area contributed by atoms with E-state index in [9.17, 15) is 47.9 Å². The minimum Gasteiger partial charge on any atom is -0.281 e. The molecule has 0 spiro atoms. The molecule has 1 rings (SSSR count). The van der Waals surface area contributed by atoms with Crippen LogP contribution in [-0.2, 0) is 16.5 Å². The zero-order chi connectivity index (χ0) is 21.2. The maximum absolute atomic E-state index is 12.2. The molecule has 0 aliphatic heterocycles. The third-order valence-electron chi connectivity index (χ3n) is 2.76. The van der Waals surface area contributed by atoms with Crippen molar-refractivity contribution in [3.8, 4) is 0 Å². The summed E-state index contributed by atoms with van der Waals surface area (Å²) in [7, 11) is -7.17. The lowest BCUT2D eigenvalue weighted by atomic mass is 10.1. The predicted octanol–water partition coefficient (Wildman–Crippen LogP) is 5.15. The lowest BCUT2D eigenvalue weighted by Gasteiger charge is -2.31. The molecule has 0 saturated carbocycles. The topological polar surface area (TPSA) is 54.4 Å². The van der Waals surface area contributed by atoms with Crippen molar-refractivity contribution in [2.24, 2.45) is 0 Å². The molecule has 0 fully saturated rings. The smallest absolute Gasteiger partial charge is 0.281 e. The van der Waals surface area contributed by atoms with Gasteiger partial charge in [-0.3, -0.25) is 4.55 Å². The standard InChI is InChI=1S/C8H9I.C4HF9O3S/c1-2-7-3-5-8(9)6-4-7;5-1(6,3(9,10)11)2(7,8)4(12,13)17(14,15)16/h3-6H,2H2,1H3;(H,14,15,16). The summed E-state index contributed by atoms with van der Waals surface area (Å²) in [5, 5.41) is -7.00. The molecule has 0 bridgehead atoms. The number of alkyl halides is 9. The molecule has 0 aliphatic rings. The van der Waals surface area contributed by atoms with Crippen molar-refractivity contribution in [1.82, 2.24) is 0 Å². The Balaban J connectivity index is 0.000000577. The van der Waals surface area contributed by atoms with Crippen LogP contribution >= 0.6 is 22.6 Å². The first-order chi connectivity index (χ1) is 11.3. The van der Waals surface area contributed by atoms with Gasteiger partial charge in [-0.1, -0.05) is 19.1 Å². The van der Waals surface area contributed by atoms with Crippen LogP contribution in [0.4, 0.5) is 39.5 Å². The van der Waals surface area contributed by atoms with Crippen LogP contribution in [0, 0.1) is 3.57 Å². The van der Waals surface area contributed by atoms with E-state index in [0.717, 1.165) is 6.42 Å². The summed E-state index contributed by atoms with van der Waals surface area (Å²) in [4.78, 5) is 0. The van der Waals surface area contributed by atoms with Gasteiger partial charge in [0.05, 0.1) is 0 Å². The molecule has 1 aromatic carbocycles. The molecular weight excluding hydrogens is 522 g/mol. The Labute approximate surface area is 155 Å². The molecule has 0 amide bonds. The fraction of sp³-hybridized carbons (Fsp3) is 0.500. The minimum absolute atomic E-state index is 1.14. The van der Waals surface area contributed by atoms with Crippen LogP contribution in [0.2, 0.25) is 0 Å². The molecule has 0 aromatic heterocycles. The summed E-state index contributed by atoms with van der Waals surface area (Å²) in [6, 6.07) is 8.61. The zero-order valence-corrected chi connectivity index (χ0v) is 15.4. The summed E-state index contributed by atoms with van der Waals surface area (Å²) in [6.45, 7) is 2.17. The van der Waals surface area contributed by atoms with E-state index < -0.39 is 33.4 Å². The Bertz CT molecular complexity index is 700. The molecule has 0 saturated heterocycles. The highest BCUT2D eigenvalue weighted by atomic mass is 127. The van der Waals surface area contributed by atoms with E-state index in [1.807, 2.05) is 0 Å². The Morgan fingerprint density at radius 2 is 1.27 bits per heavy atom. The summed E-state index contributed by atoms with van der Waals surface area (Å²) in [6.07, 6.45) is -6.00. The quantitative estimate of drug-likeness (QED) is 0.332. The molecule has 26 heavy (non-hydrogen) atoms. The predicted molar refractivity (Wildman–Crippen MR) is 81.0 cm³/mol. The van der Waals surface area contributed by atoms with Gasteiger partial charge >= 0.3 is 33.4 Å². The van der Waals surface area contributed by atoms with E-state index >= 15 is 0 Å². The summed E-state index contributed by atoms with van der Waals surface area (Å²) >= 11 is 2.31. The van der Waals surface area contributed by atoms with Crippen LogP contribution in [0.1, 0.15) is 12.5 Å². The molecular formula is C12H10F9IO3S. The van der Waals surface area contributed by atoms with Crippen molar-refractivity contribution in [2.75, 3.05) is 0 Å². The summed E-state index contributed by atoms with van der Waals surface area (Å²) < 4.78 is 135. The molecule has 0 atom stereocenters. The summed E-state index contributed by atoms with van der Waals surface area (Å²) in [5.41, 5.74) is 1.41. The van der Waals surface area contributed by atoms with Gasteiger partial charge in [0.25, 0.3) is 0 Å². The van der Waals surface area contributed by atoms with Gasteiger partial charge in [-0.05, 0) is 46.7 Å². The van der Waals surface area contributed by atoms with Gasteiger partial charge in [-0.2, -0.15) is 47.9 Å². The van der Waals surface area contributed by atoms with Crippen LogP contribution in [-0.4, -0.2) is 36.2 Å². The fourth-order valence-corrected chi connectivity index (χ4v) is 2.05. The molecule has 1 aromatic rings. The van der Waals surface area contributed by atoms with E-state index in [1.165, 1.54) is 9.13 Å². The van der Waals surface area contributed by atoms with E-state index in [2.05, 4.69) is 53.8 Å². The highest BCUT2D eigenvalue weighted by Crippen LogP contribution is 2.54. The first kappa shape index (κ1) is 25.2. The lowest BCUT2D eigenvalue weighted by molar-refractivity contribution is -0.382. The average molecular weight is 532 g/mol. The van der Waals surface area contributed by atoms with Crippen LogP contribution in [0.25, 0.3) is 0 Å². The van der Waals surface area contributed by atoms with Crippen LogP contribution in [0.3, 0.4) is 0 Å². The second-order valence-corrected chi connectivity index (χ2v) is 7.33. The molecule has 14 heteroatoms. The Kier molecular flexibility index (Phi) is 7.84. The van der Waals surface area contributed by atoms with Gasteiger partial charge in [0.2, 0.25) is 0 Å². The number of hydrogen-bond donors (Lipinski definition) is 1. The average Bonchev–Trinajstić information content (AvgIpc) is 2.46. The third-order valence-corrected chi connectivity index (χ3v) is 4.38. The summed E-state index contributed by atoms with van der Waals surface area (Å²) in [5.74, 6) is -14.7. The maximum Gasteiger partial charge on any atom is 0.460 e. The van der Waals surface area contributed by atoms with Crippen LogP contribution in [0.15, 0.2) is 24.3 Å². The molecule has 0 unspecified atom stereocenters. The zero-order valence-electron chi connectivity index (χ0n) is 12.5. The molecule has 0 aliphatic carbocycles. The molecule has 152 valence electrons. The van der Waals surface area contributed by atoms with Crippen molar-refractivity contribution < 1.29 is 52.5 Å². The van der Waals surface area contributed by atoms with E-state index in [1.54, 1.807) is 0 Å². The van der Waals surface area contributed by atoms with Crippen molar-refractivity contribution in [1.29, 1.82) is 0 Å². The number of benzene rings is 1. The van der Waals surface area contributed by atoms with Gasteiger partial charge < -0.3 is 0 Å². The normalized spacial score (nSPS) is 13.8. The highest BCUT2D eigenvalue weighted by molar-refractivity contribution is 14.1. The van der Waals surface area contributed by atoms with Gasteiger partial charge in [0.1, 0.15) is 0 Å². The van der Waals surface area contributed by atoms with Crippen LogP contribution < -0.4 is 0 Å². The van der Waals surface area contributed by atoms with Crippen molar-refractivity contribution in [2.45, 2.75) is 36.6 Å². The highest BCUT2D eigenvalue weighted by Gasteiger charge is 2.85. The first-order valence-corrected chi connectivity index (χ1v) is 8.76. The monoisotopic (exact) mass is 532 g/mol. The van der Waals surface area contributed by atoms with Gasteiger partial charge in [0.15, 0.2) is 0 Å². The van der Waals surface area contributed by atoms with E-state index in [-0.39, 0.29) is 0 Å². The minimum atomic E-state index is -7.37. The third kappa shape index (κ3) is 5.15. The SMILES string of the molecule is CCc1ccc(I)cc1.O=S(=O)(O)C(F)(F)C(F)(F)C(F)(F)C(F)(F)F. The Hall–Kier alpha value is -0.770. The largest absolute Gasteiger partial charge is 0.460 e. The second kappa shape index (κ2) is 8.08. The second-order valence-electron chi connectivity index (χ2n) is 4.62. The Morgan fingerprint density at radius 3 is 1.54 bits per heavy atom. The maximum atomic E-state index is 12.2. The molecule has 3 nitrogen and oxygen atoms in total. The van der Waals surface area contributed by atoms with Crippen molar-refractivity contribution in [3.63, 3.8) is 0 Å². The van der Waals surface area contributed by atoms with Gasteiger partial charge in [-0.15, -0.1) is 0 Å². The van der Waals surface area contributed by atoms with Crippen molar-refractivity contribution in [3.05, 3.63) is 33.4 Å². The van der Waals surface area contributed by atoms with Crippen molar-refractivity contribution >= 4 is 32.7 Å². The lowest BCUT2D eigenvalue weighted by Crippen LogP contribution is -2.63. The number of aryl methyl sites for hydroxylation is 1. The molecule has 0 heterocycles. The number of hydrogen-bond acceptors (Lipinski definition) is 2. The first-order valence-electron chi connectivity index (χ1n) is 6.24. The molecule has 0 radical (unpaired) electrons. The van der Waals surface area contributed by atoms with Gasteiger partial charge in [0, 0.05) is 3.57 Å². The molecule has 1 N–H and O–H groups in total. The van der Waals surface area contributed by atoms with Crippen LogP contribution in [0.5, 0.6) is 0 Å². The fourth-order valence-electron chi connectivity index (χ4n) is 1.24. The number of halogens is 10. The van der Waals surface area contributed by atoms with E-state index in [0.29, 0.717) is 0 Å².